The Morgan fingerprint density at radius 3 is 2.42 bits per heavy atom. The number of sulfone groups is 1. The van der Waals surface area contributed by atoms with Crippen molar-refractivity contribution in [3.8, 4) is 0 Å². The molecule has 0 radical (unpaired) electrons. The Morgan fingerprint density at radius 1 is 1.23 bits per heavy atom. The van der Waals surface area contributed by atoms with Crippen LogP contribution in [0, 0.1) is 19.3 Å². The van der Waals surface area contributed by atoms with Gasteiger partial charge in [-0.25, -0.2) is 8.42 Å². The number of hydrogen-bond donors (Lipinski definition) is 1. The number of nitrogens with one attached hydrogen (secondary N) is 1. The van der Waals surface area contributed by atoms with E-state index < -0.39 is 15.3 Å². The largest absolute Gasteiger partial charge is 0.338 e. The molecular weight excluding hydrogens is 352 g/mol. The van der Waals surface area contributed by atoms with Crippen molar-refractivity contribution in [1.82, 2.24) is 4.90 Å². The molecule has 1 heterocycles. The highest BCUT2D eigenvalue weighted by molar-refractivity contribution is 7.91. The topological polar surface area (TPSA) is 83.6 Å². The number of benzene rings is 1. The molecule has 1 N–H and O–H groups in total. The highest BCUT2D eigenvalue weighted by atomic mass is 32.2. The third-order valence-electron chi connectivity index (χ3n) is 5.61. The van der Waals surface area contributed by atoms with E-state index in [-0.39, 0.29) is 29.4 Å². The molecule has 1 saturated carbocycles. The summed E-state index contributed by atoms with van der Waals surface area (Å²) in [5.74, 6) is -0.404. The summed E-state index contributed by atoms with van der Waals surface area (Å²) < 4.78 is 23.5. The average molecular weight is 378 g/mol. The molecule has 1 aliphatic heterocycles. The summed E-state index contributed by atoms with van der Waals surface area (Å²) in [7, 11) is -3.08. The van der Waals surface area contributed by atoms with Crippen molar-refractivity contribution in [2.75, 3.05) is 23.4 Å². The van der Waals surface area contributed by atoms with Gasteiger partial charge in [-0.2, -0.15) is 0 Å². The molecule has 1 aromatic carbocycles. The fourth-order valence-corrected chi connectivity index (χ4v) is 5.33. The van der Waals surface area contributed by atoms with Crippen LogP contribution in [0.1, 0.15) is 37.3 Å². The highest BCUT2D eigenvalue weighted by Crippen LogP contribution is 2.48. The van der Waals surface area contributed by atoms with Crippen molar-refractivity contribution in [3.63, 3.8) is 0 Å². The number of nitrogens with zero attached hydrogens (tertiary/aromatic N) is 1. The predicted octanol–water partition coefficient (Wildman–Crippen LogP) is 2.06. The third-order valence-corrected chi connectivity index (χ3v) is 7.36. The van der Waals surface area contributed by atoms with Crippen LogP contribution in [0.25, 0.3) is 0 Å². The maximum atomic E-state index is 13.1. The Bertz CT molecular complexity index is 843. The number of amides is 2. The van der Waals surface area contributed by atoms with E-state index in [1.807, 2.05) is 39.0 Å². The summed E-state index contributed by atoms with van der Waals surface area (Å²) in [4.78, 5) is 27.5. The van der Waals surface area contributed by atoms with Gasteiger partial charge in [0, 0.05) is 18.3 Å². The minimum Gasteiger partial charge on any atom is -0.338 e. The number of anilines is 1. The molecule has 142 valence electrons. The zero-order valence-corrected chi connectivity index (χ0v) is 16.4. The zero-order chi connectivity index (χ0) is 19.1. The van der Waals surface area contributed by atoms with Gasteiger partial charge in [-0.15, -0.1) is 0 Å². The quantitative estimate of drug-likeness (QED) is 0.795. The highest BCUT2D eigenvalue weighted by Gasteiger charge is 2.58. The SMILES string of the molecule is CCN(C(=O)C1(C(=O)Nc2ccc(C)c(C)c2)CC1)C1CCS(=O)(=O)C1. The lowest BCUT2D eigenvalue weighted by Gasteiger charge is -2.30. The number of aryl methyl sites for hydroxylation is 2. The van der Waals surface area contributed by atoms with Crippen LogP contribution in [0.15, 0.2) is 18.2 Å². The molecule has 2 aliphatic rings. The van der Waals surface area contributed by atoms with Crippen molar-refractivity contribution in [1.29, 1.82) is 0 Å². The molecule has 7 heteroatoms. The van der Waals surface area contributed by atoms with E-state index in [9.17, 15) is 18.0 Å². The molecule has 1 unspecified atom stereocenters. The van der Waals surface area contributed by atoms with Crippen LogP contribution in [-0.4, -0.2) is 49.2 Å². The molecular formula is C19H26N2O4S. The Labute approximate surface area is 154 Å². The van der Waals surface area contributed by atoms with Gasteiger partial charge in [0.25, 0.3) is 0 Å². The summed E-state index contributed by atoms with van der Waals surface area (Å²) in [6.07, 6.45) is 1.48. The van der Waals surface area contributed by atoms with Crippen molar-refractivity contribution in [3.05, 3.63) is 29.3 Å². The molecule has 1 saturated heterocycles. The molecule has 2 fully saturated rings. The molecule has 26 heavy (non-hydrogen) atoms. The van der Waals surface area contributed by atoms with Crippen molar-refractivity contribution in [2.24, 2.45) is 5.41 Å². The molecule has 3 rings (SSSR count). The van der Waals surface area contributed by atoms with Crippen LogP contribution in [0.2, 0.25) is 0 Å². The van der Waals surface area contributed by atoms with E-state index in [0.717, 1.165) is 11.1 Å². The lowest BCUT2D eigenvalue weighted by atomic mass is 10.0. The lowest BCUT2D eigenvalue weighted by molar-refractivity contribution is -0.143. The van der Waals surface area contributed by atoms with Gasteiger partial charge >= 0.3 is 0 Å². The zero-order valence-electron chi connectivity index (χ0n) is 15.5. The van der Waals surface area contributed by atoms with Crippen LogP contribution in [0.5, 0.6) is 0 Å². The summed E-state index contributed by atoms with van der Waals surface area (Å²) in [6, 6.07) is 5.36. The van der Waals surface area contributed by atoms with E-state index >= 15 is 0 Å². The van der Waals surface area contributed by atoms with Gasteiger partial charge in [0.2, 0.25) is 11.8 Å². The van der Waals surface area contributed by atoms with Gasteiger partial charge < -0.3 is 10.2 Å². The van der Waals surface area contributed by atoms with E-state index in [1.54, 1.807) is 4.90 Å². The van der Waals surface area contributed by atoms with Gasteiger partial charge in [-0.05, 0) is 63.3 Å². The van der Waals surface area contributed by atoms with Gasteiger partial charge in [-0.1, -0.05) is 6.07 Å². The molecule has 1 aromatic rings. The molecule has 0 aromatic heterocycles. The number of carbonyl (C=O) groups excluding carboxylic acids is 2. The Hall–Kier alpha value is -1.89. The normalized spacial score (nSPS) is 22.7. The first kappa shape index (κ1) is 18.9. The van der Waals surface area contributed by atoms with Crippen molar-refractivity contribution >= 4 is 27.3 Å². The van der Waals surface area contributed by atoms with Crippen LogP contribution in [0.3, 0.4) is 0 Å². The van der Waals surface area contributed by atoms with Crippen LogP contribution >= 0.6 is 0 Å². The summed E-state index contributed by atoms with van der Waals surface area (Å²) in [5, 5.41) is 2.87. The molecule has 1 atom stereocenters. The fraction of sp³-hybridized carbons (Fsp3) is 0.579. The van der Waals surface area contributed by atoms with Gasteiger partial charge in [-0.3, -0.25) is 9.59 Å². The Morgan fingerprint density at radius 2 is 1.92 bits per heavy atom. The van der Waals surface area contributed by atoms with E-state index in [4.69, 9.17) is 0 Å². The first-order valence-electron chi connectivity index (χ1n) is 9.09. The lowest BCUT2D eigenvalue weighted by Crippen LogP contribution is -2.48. The maximum absolute atomic E-state index is 13.1. The number of carbonyl (C=O) groups is 2. The average Bonchev–Trinajstić information content (AvgIpc) is 3.31. The minimum absolute atomic E-state index is 0.00142. The summed E-state index contributed by atoms with van der Waals surface area (Å²) >= 11 is 0. The molecule has 0 bridgehead atoms. The molecule has 2 amide bonds. The van der Waals surface area contributed by atoms with Crippen LogP contribution in [0.4, 0.5) is 5.69 Å². The second kappa shape index (κ2) is 6.68. The first-order chi connectivity index (χ1) is 12.2. The Kier molecular flexibility index (Phi) is 4.86. The second-order valence-electron chi connectivity index (χ2n) is 7.48. The van der Waals surface area contributed by atoms with Crippen LogP contribution < -0.4 is 5.32 Å². The van der Waals surface area contributed by atoms with Gasteiger partial charge in [0.15, 0.2) is 9.84 Å². The summed E-state index contributed by atoms with van der Waals surface area (Å²) in [5.41, 5.74) is 1.86. The smallest absolute Gasteiger partial charge is 0.240 e. The van der Waals surface area contributed by atoms with Crippen molar-refractivity contribution in [2.45, 2.75) is 46.1 Å². The minimum atomic E-state index is -3.08. The maximum Gasteiger partial charge on any atom is 0.240 e. The van der Waals surface area contributed by atoms with Crippen molar-refractivity contribution < 1.29 is 18.0 Å². The fourth-order valence-electron chi connectivity index (χ4n) is 3.60. The second-order valence-corrected chi connectivity index (χ2v) is 9.71. The molecule has 1 aliphatic carbocycles. The van der Waals surface area contributed by atoms with E-state index in [0.29, 0.717) is 31.5 Å². The number of rotatable bonds is 5. The first-order valence-corrected chi connectivity index (χ1v) is 10.9. The Balaban J connectivity index is 1.75. The predicted molar refractivity (Wildman–Crippen MR) is 101 cm³/mol. The van der Waals surface area contributed by atoms with Crippen LogP contribution in [-0.2, 0) is 19.4 Å². The number of hydrogen-bond acceptors (Lipinski definition) is 4. The van der Waals surface area contributed by atoms with E-state index in [1.165, 1.54) is 0 Å². The van der Waals surface area contributed by atoms with Gasteiger partial charge in [0.05, 0.1) is 11.5 Å². The third kappa shape index (κ3) is 3.49. The summed E-state index contributed by atoms with van der Waals surface area (Å²) in [6.45, 7) is 6.22. The van der Waals surface area contributed by atoms with Gasteiger partial charge in [0.1, 0.15) is 5.41 Å². The molecule has 0 spiro atoms. The monoisotopic (exact) mass is 378 g/mol. The molecule has 6 nitrogen and oxygen atoms in total. The van der Waals surface area contributed by atoms with E-state index in [2.05, 4.69) is 5.32 Å². The standard InChI is InChI=1S/C19H26N2O4S/c1-4-21(16-7-10-26(24,25)12-16)18(23)19(8-9-19)17(22)20-15-6-5-13(2)14(3)11-15/h5-6,11,16H,4,7-10,12H2,1-3H3,(H,20,22).